The molecule has 0 radical (unpaired) electrons. The van der Waals surface area contributed by atoms with Crippen LogP contribution in [0.2, 0.25) is 0 Å². The number of amides is 2. The maximum atomic E-state index is 12.0. The number of aryl methyl sites for hydroxylation is 1. The number of fused-ring (bicyclic) bond motifs is 1. The number of carboxylic acid groups (broad SMARTS) is 1. The lowest BCUT2D eigenvalue weighted by Gasteiger charge is -2.10. The first-order valence-electron chi connectivity index (χ1n) is 8.03. The average Bonchev–Trinajstić information content (AvgIpc) is 3.12. The summed E-state index contributed by atoms with van der Waals surface area (Å²) >= 11 is 0. The van der Waals surface area contributed by atoms with Crippen LogP contribution in [0, 0.1) is 0 Å². The summed E-state index contributed by atoms with van der Waals surface area (Å²) in [5.74, 6) is -1.26. The molecule has 0 bridgehead atoms. The third-order valence-electron chi connectivity index (χ3n) is 3.88. The first-order chi connectivity index (χ1) is 12.5. The lowest BCUT2D eigenvalue weighted by Crippen LogP contribution is -2.30. The zero-order valence-electron chi connectivity index (χ0n) is 13.8. The molecule has 134 valence electrons. The molecule has 0 fully saturated rings. The number of anilines is 1. The summed E-state index contributed by atoms with van der Waals surface area (Å²) in [6.45, 7) is 1.26. The molecule has 8 nitrogen and oxygen atoms in total. The largest absolute Gasteiger partial charge is 0.507 e. The summed E-state index contributed by atoms with van der Waals surface area (Å²) in [5, 5.41) is 25.5. The molecule has 0 atom stereocenters. The number of benzene rings is 2. The van der Waals surface area contributed by atoms with Gasteiger partial charge in [-0.05, 0) is 36.1 Å². The summed E-state index contributed by atoms with van der Waals surface area (Å²) in [6.07, 6.45) is 6.05. The van der Waals surface area contributed by atoms with E-state index >= 15 is 0 Å². The number of nitrogens with one attached hydrogen (secondary N) is 2. The number of carbonyl (C=O) groups excluding carboxylic acids is 1. The zero-order valence-corrected chi connectivity index (χ0v) is 13.8. The van der Waals surface area contributed by atoms with E-state index in [-0.39, 0.29) is 17.3 Å². The molecule has 1 heterocycles. The van der Waals surface area contributed by atoms with Crippen molar-refractivity contribution in [2.24, 2.45) is 0 Å². The predicted molar refractivity (Wildman–Crippen MR) is 96.4 cm³/mol. The quantitative estimate of drug-likeness (QED) is 0.508. The van der Waals surface area contributed by atoms with Crippen molar-refractivity contribution >= 4 is 28.5 Å². The Bertz CT molecular complexity index is 938. The summed E-state index contributed by atoms with van der Waals surface area (Å²) < 4.78 is 1.93. The van der Waals surface area contributed by atoms with Crippen LogP contribution in [0.15, 0.2) is 49.1 Å². The topological polar surface area (TPSA) is 116 Å². The smallest absolute Gasteiger partial charge is 0.335 e. The molecular formula is C18H18N4O4. The first kappa shape index (κ1) is 17.3. The summed E-state index contributed by atoms with van der Waals surface area (Å²) in [6, 6.07) is 7.20. The normalized spacial score (nSPS) is 10.6. The third-order valence-corrected chi connectivity index (χ3v) is 3.88. The second-order valence-electron chi connectivity index (χ2n) is 5.77. The number of hydrogen-bond acceptors (Lipinski definition) is 4. The van der Waals surface area contributed by atoms with Crippen molar-refractivity contribution in [1.29, 1.82) is 0 Å². The minimum atomic E-state index is -1.11. The summed E-state index contributed by atoms with van der Waals surface area (Å²) in [5.41, 5.74) is 0.509. The Morgan fingerprint density at radius 3 is 2.77 bits per heavy atom. The van der Waals surface area contributed by atoms with E-state index in [9.17, 15) is 14.7 Å². The van der Waals surface area contributed by atoms with Crippen LogP contribution in [-0.2, 0) is 6.54 Å². The van der Waals surface area contributed by atoms with E-state index in [4.69, 9.17) is 5.11 Å². The number of rotatable bonds is 6. The van der Waals surface area contributed by atoms with Crippen molar-refractivity contribution in [2.75, 3.05) is 11.9 Å². The van der Waals surface area contributed by atoms with E-state index < -0.39 is 5.97 Å². The molecule has 26 heavy (non-hydrogen) atoms. The number of phenolic OH excluding ortho intramolecular Hbond substituents is 1. The Kier molecular flexibility index (Phi) is 5.02. The highest BCUT2D eigenvalue weighted by molar-refractivity contribution is 6.00. The minimum Gasteiger partial charge on any atom is -0.507 e. The fraction of sp³-hybridized carbons (Fsp3) is 0.167. The molecular weight excluding hydrogens is 336 g/mol. The van der Waals surface area contributed by atoms with Crippen molar-refractivity contribution in [3.05, 3.63) is 54.6 Å². The number of phenols is 1. The maximum absolute atomic E-state index is 12.0. The fourth-order valence-corrected chi connectivity index (χ4v) is 2.60. The van der Waals surface area contributed by atoms with Crippen LogP contribution in [0.25, 0.3) is 10.8 Å². The molecule has 0 aliphatic heterocycles. The second-order valence-corrected chi connectivity index (χ2v) is 5.77. The number of urea groups is 1. The highest BCUT2D eigenvalue weighted by atomic mass is 16.4. The number of aromatic nitrogens is 2. The van der Waals surface area contributed by atoms with Gasteiger partial charge in [0, 0.05) is 36.6 Å². The number of aromatic carboxylic acids is 1. The molecule has 1 aromatic heterocycles. The molecule has 2 aromatic carbocycles. The van der Waals surface area contributed by atoms with Gasteiger partial charge in [0.25, 0.3) is 0 Å². The maximum Gasteiger partial charge on any atom is 0.335 e. The summed E-state index contributed by atoms with van der Waals surface area (Å²) in [7, 11) is 0. The van der Waals surface area contributed by atoms with E-state index in [2.05, 4.69) is 15.6 Å². The molecule has 0 saturated carbocycles. The van der Waals surface area contributed by atoms with Gasteiger partial charge in [-0.1, -0.05) is 6.07 Å². The van der Waals surface area contributed by atoms with Gasteiger partial charge in [0.05, 0.1) is 11.9 Å². The monoisotopic (exact) mass is 354 g/mol. The molecule has 0 unspecified atom stereocenters. The Morgan fingerprint density at radius 1 is 1.19 bits per heavy atom. The second kappa shape index (κ2) is 7.56. The van der Waals surface area contributed by atoms with Crippen molar-refractivity contribution in [3.8, 4) is 5.75 Å². The Labute approximate surface area is 149 Å². The molecule has 0 spiro atoms. The van der Waals surface area contributed by atoms with Gasteiger partial charge in [-0.3, -0.25) is 0 Å². The van der Waals surface area contributed by atoms with Crippen LogP contribution in [-0.4, -0.2) is 38.3 Å². The van der Waals surface area contributed by atoms with Crippen LogP contribution >= 0.6 is 0 Å². The first-order valence-corrected chi connectivity index (χ1v) is 8.03. The fourth-order valence-electron chi connectivity index (χ4n) is 2.60. The van der Waals surface area contributed by atoms with Crippen molar-refractivity contribution in [1.82, 2.24) is 14.9 Å². The van der Waals surface area contributed by atoms with Gasteiger partial charge in [-0.15, -0.1) is 0 Å². The van der Waals surface area contributed by atoms with Crippen LogP contribution < -0.4 is 10.6 Å². The number of hydrogen-bond donors (Lipinski definition) is 4. The van der Waals surface area contributed by atoms with E-state index in [1.807, 2.05) is 10.8 Å². The van der Waals surface area contributed by atoms with Gasteiger partial charge >= 0.3 is 12.0 Å². The average molecular weight is 354 g/mol. The molecule has 4 N–H and O–H groups in total. The van der Waals surface area contributed by atoms with Gasteiger partial charge < -0.3 is 25.4 Å². The van der Waals surface area contributed by atoms with Gasteiger partial charge in [0.15, 0.2) is 0 Å². The highest BCUT2D eigenvalue weighted by Gasteiger charge is 2.10. The van der Waals surface area contributed by atoms with Gasteiger partial charge in [0.2, 0.25) is 0 Å². The van der Waals surface area contributed by atoms with E-state index in [1.54, 1.807) is 30.7 Å². The molecule has 0 aliphatic rings. The lowest BCUT2D eigenvalue weighted by molar-refractivity contribution is 0.0696. The van der Waals surface area contributed by atoms with Gasteiger partial charge in [-0.25, -0.2) is 14.6 Å². The predicted octanol–water partition coefficient (Wildman–Crippen LogP) is 2.65. The standard InChI is InChI=1S/C18H18N4O4/c23-16-9-13(17(24)25)8-12-2-3-14(10-15(12)16)21-18(26)20-4-1-6-22-7-5-19-11-22/h2-3,5,7-11,23H,1,4,6H2,(H,24,25)(H2,20,21,26). The number of aromatic hydroxyl groups is 1. The molecule has 3 aromatic rings. The number of carbonyl (C=O) groups is 2. The molecule has 0 aliphatic carbocycles. The SMILES string of the molecule is O=C(NCCCn1ccnc1)Nc1ccc2cc(C(=O)O)cc(O)c2c1. The van der Waals surface area contributed by atoms with Gasteiger partial charge in [0.1, 0.15) is 5.75 Å². The Morgan fingerprint density at radius 2 is 2.04 bits per heavy atom. The molecule has 8 heteroatoms. The Balaban J connectivity index is 1.59. The van der Waals surface area contributed by atoms with E-state index in [0.29, 0.717) is 23.0 Å². The lowest BCUT2D eigenvalue weighted by atomic mass is 10.1. The molecule has 0 saturated heterocycles. The van der Waals surface area contributed by atoms with Crippen molar-refractivity contribution in [2.45, 2.75) is 13.0 Å². The van der Waals surface area contributed by atoms with Crippen LogP contribution in [0.3, 0.4) is 0 Å². The van der Waals surface area contributed by atoms with E-state index in [0.717, 1.165) is 13.0 Å². The van der Waals surface area contributed by atoms with Crippen molar-refractivity contribution < 1.29 is 19.8 Å². The molecule has 2 amide bonds. The van der Waals surface area contributed by atoms with Crippen LogP contribution in [0.5, 0.6) is 5.75 Å². The summed E-state index contributed by atoms with van der Waals surface area (Å²) in [4.78, 5) is 26.9. The highest BCUT2D eigenvalue weighted by Crippen LogP contribution is 2.29. The number of nitrogens with zero attached hydrogens (tertiary/aromatic N) is 2. The van der Waals surface area contributed by atoms with Crippen LogP contribution in [0.1, 0.15) is 16.8 Å². The van der Waals surface area contributed by atoms with Gasteiger partial charge in [-0.2, -0.15) is 0 Å². The Hall–Kier alpha value is -3.55. The molecule has 3 rings (SSSR count). The van der Waals surface area contributed by atoms with Crippen molar-refractivity contribution in [3.63, 3.8) is 0 Å². The van der Waals surface area contributed by atoms with E-state index in [1.165, 1.54) is 12.1 Å². The number of carboxylic acids is 1. The van der Waals surface area contributed by atoms with Crippen LogP contribution in [0.4, 0.5) is 10.5 Å². The minimum absolute atomic E-state index is 0.00587. The zero-order chi connectivity index (χ0) is 18.5. The third kappa shape index (κ3) is 4.10. The number of imidazole rings is 1.